The second-order valence-electron chi connectivity index (χ2n) is 3.91. The van der Waals surface area contributed by atoms with E-state index in [0.717, 1.165) is 0 Å². The molecule has 1 aromatic carbocycles. The van der Waals surface area contributed by atoms with Crippen LogP contribution in [0.3, 0.4) is 0 Å². The lowest BCUT2D eigenvalue weighted by Crippen LogP contribution is -2.16. The zero-order valence-electron chi connectivity index (χ0n) is 9.61. The molecule has 98 valence electrons. The van der Waals surface area contributed by atoms with Gasteiger partial charge in [-0.3, -0.25) is 4.79 Å². The Kier molecular flexibility index (Phi) is 3.12. The lowest BCUT2D eigenvalue weighted by Gasteiger charge is -2.19. The molecule has 0 N–H and O–H groups in total. The summed E-state index contributed by atoms with van der Waals surface area (Å²) in [7, 11) is 0. The van der Waals surface area contributed by atoms with Crippen molar-refractivity contribution in [2.75, 3.05) is 13.2 Å². The maximum atomic E-state index is 12.2. The van der Waals surface area contributed by atoms with Crippen molar-refractivity contribution in [2.45, 2.75) is 0 Å². The van der Waals surface area contributed by atoms with Gasteiger partial charge in [-0.1, -0.05) is 11.6 Å². The molecule has 0 fully saturated rings. The molecule has 0 saturated carbocycles. The molecule has 0 atom stereocenters. The van der Waals surface area contributed by atoms with Crippen molar-refractivity contribution < 1.29 is 18.7 Å². The Morgan fingerprint density at radius 3 is 2.37 bits per heavy atom. The number of hydrogen-bond acceptors (Lipinski definition) is 4. The molecular weight excluding hydrogens is 291 g/mol. The third kappa shape index (κ3) is 2.29. The highest BCUT2D eigenvalue weighted by Crippen LogP contribution is 2.36. The molecule has 2 heterocycles. The highest BCUT2D eigenvalue weighted by Gasteiger charge is 2.21. The standard InChI is InChI=1S/C13H8Cl2O4/c14-8-6-11-10(17-3-4-18-11)5-7(8)13(16)9-1-2-12(15)19-9/h1-2,5-6H,3-4H2. The highest BCUT2D eigenvalue weighted by atomic mass is 35.5. The van der Waals surface area contributed by atoms with Crippen molar-refractivity contribution in [3.05, 3.63) is 45.8 Å². The summed E-state index contributed by atoms with van der Waals surface area (Å²) in [5, 5.41) is 0.429. The molecule has 2 aromatic rings. The van der Waals surface area contributed by atoms with E-state index >= 15 is 0 Å². The van der Waals surface area contributed by atoms with Crippen LogP contribution in [0.5, 0.6) is 11.5 Å². The fraction of sp³-hybridized carbons (Fsp3) is 0.154. The van der Waals surface area contributed by atoms with Gasteiger partial charge in [0.25, 0.3) is 0 Å². The van der Waals surface area contributed by atoms with E-state index in [9.17, 15) is 4.79 Å². The second kappa shape index (κ2) is 4.79. The number of rotatable bonds is 2. The van der Waals surface area contributed by atoms with Gasteiger partial charge in [-0.05, 0) is 29.8 Å². The van der Waals surface area contributed by atoms with E-state index in [1.807, 2.05) is 0 Å². The van der Waals surface area contributed by atoms with Crippen LogP contribution in [0.2, 0.25) is 10.2 Å². The maximum absolute atomic E-state index is 12.2. The van der Waals surface area contributed by atoms with E-state index in [-0.39, 0.29) is 27.3 Å². The molecule has 4 nitrogen and oxygen atoms in total. The van der Waals surface area contributed by atoms with Crippen LogP contribution in [0.25, 0.3) is 0 Å². The smallest absolute Gasteiger partial charge is 0.229 e. The molecule has 0 spiro atoms. The van der Waals surface area contributed by atoms with Crippen molar-refractivity contribution in [2.24, 2.45) is 0 Å². The maximum Gasteiger partial charge on any atom is 0.229 e. The molecule has 0 saturated heterocycles. The molecule has 0 radical (unpaired) electrons. The van der Waals surface area contributed by atoms with Gasteiger partial charge in [0, 0.05) is 11.6 Å². The fourth-order valence-electron chi connectivity index (χ4n) is 1.81. The molecule has 1 aliphatic rings. The molecule has 3 rings (SSSR count). The van der Waals surface area contributed by atoms with E-state index in [2.05, 4.69) is 0 Å². The first-order valence-electron chi connectivity index (χ1n) is 5.54. The zero-order chi connectivity index (χ0) is 13.4. The van der Waals surface area contributed by atoms with Gasteiger partial charge >= 0.3 is 0 Å². The average Bonchev–Trinajstić information content (AvgIpc) is 2.84. The molecule has 0 amide bonds. The molecule has 1 aromatic heterocycles. The Hall–Kier alpha value is -1.65. The number of halogens is 2. The minimum Gasteiger partial charge on any atom is -0.486 e. The summed E-state index contributed by atoms with van der Waals surface area (Å²) in [6.45, 7) is 0.902. The quantitative estimate of drug-likeness (QED) is 0.795. The number of furan rings is 1. The van der Waals surface area contributed by atoms with Crippen molar-refractivity contribution in [3.8, 4) is 11.5 Å². The van der Waals surface area contributed by atoms with Crippen LogP contribution in [0.15, 0.2) is 28.7 Å². The molecule has 19 heavy (non-hydrogen) atoms. The average molecular weight is 299 g/mol. The highest BCUT2D eigenvalue weighted by molar-refractivity contribution is 6.35. The van der Waals surface area contributed by atoms with Crippen LogP contribution in [-0.4, -0.2) is 19.0 Å². The number of ether oxygens (including phenoxy) is 2. The van der Waals surface area contributed by atoms with Crippen LogP contribution in [0.4, 0.5) is 0 Å². The van der Waals surface area contributed by atoms with Gasteiger partial charge in [-0.2, -0.15) is 0 Å². The largest absolute Gasteiger partial charge is 0.486 e. The van der Waals surface area contributed by atoms with Gasteiger partial charge in [0.15, 0.2) is 22.5 Å². The molecule has 1 aliphatic heterocycles. The van der Waals surface area contributed by atoms with Crippen molar-refractivity contribution in [1.82, 2.24) is 0 Å². The summed E-state index contributed by atoms with van der Waals surface area (Å²) in [6, 6.07) is 6.11. The van der Waals surface area contributed by atoms with Gasteiger partial charge in [-0.25, -0.2) is 0 Å². The first kappa shape index (κ1) is 12.4. The number of hydrogen-bond donors (Lipinski definition) is 0. The van der Waals surface area contributed by atoms with Crippen LogP contribution >= 0.6 is 23.2 Å². The summed E-state index contributed by atoms with van der Waals surface area (Å²) in [5.74, 6) is 0.805. The van der Waals surface area contributed by atoms with Crippen molar-refractivity contribution in [3.63, 3.8) is 0 Å². The van der Waals surface area contributed by atoms with Gasteiger partial charge in [0.2, 0.25) is 5.78 Å². The molecule has 0 aliphatic carbocycles. The monoisotopic (exact) mass is 298 g/mol. The number of carbonyl (C=O) groups excluding carboxylic acids is 1. The van der Waals surface area contributed by atoms with Gasteiger partial charge < -0.3 is 13.9 Å². The fourth-order valence-corrected chi connectivity index (χ4v) is 2.19. The van der Waals surface area contributed by atoms with E-state index in [4.69, 9.17) is 37.1 Å². The van der Waals surface area contributed by atoms with E-state index in [1.54, 1.807) is 12.1 Å². The molecular formula is C13H8Cl2O4. The number of fused-ring (bicyclic) bond motifs is 1. The molecule has 0 unspecified atom stereocenters. The van der Waals surface area contributed by atoms with Crippen LogP contribution in [0, 0.1) is 0 Å². The summed E-state index contributed by atoms with van der Waals surface area (Å²) < 4.78 is 15.9. The summed E-state index contributed by atoms with van der Waals surface area (Å²) in [5.41, 5.74) is 0.289. The first-order chi connectivity index (χ1) is 9.15. The minimum atomic E-state index is -0.353. The van der Waals surface area contributed by atoms with Crippen molar-refractivity contribution in [1.29, 1.82) is 0 Å². The summed E-state index contributed by atoms with van der Waals surface area (Å²) in [4.78, 5) is 12.2. The number of ketones is 1. The summed E-state index contributed by atoms with van der Waals surface area (Å²) >= 11 is 11.7. The topological polar surface area (TPSA) is 48.7 Å². The predicted molar refractivity (Wildman–Crippen MR) is 69.6 cm³/mol. The van der Waals surface area contributed by atoms with Crippen LogP contribution < -0.4 is 9.47 Å². The van der Waals surface area contributed by atoms with Crippen LogP contribution in [-0.2, 0) is 0 Å². The lowest BCUT2D eigenvalue weighted by atomic mass is 10.1. The van der Waals surface area contributed by atoms with Gasteiger partial charge in [0.05, 0.1) is 5.02 Å². The Bertz CT molecular complexity index is 648. The van der Waals surface area contributed by atoms with E-state index in [0.29, 0.717) is 24.7 Å². The lowest BCUT2D eigenvalue weighted by molar-refractivity contribution is 0.101. The van der Waals surface area contributed by atoms with E-state index < -0.39 is 0 Å². The van der Waals surface area contributed by atoms with E-state index in [1.165, 1.54) is 12.1 Å². The normalized spacial score (nSPS) is 13.4. The third-order valence-electron chi connectivity index (χ3n) is 2.67. The predicted octanol–water partition coefficient (Wildman–Crippen LogP) is 3.59. The number of benzene rings is 1. The zero-order valence-corrected chi connectivity index (χ0v) is 11.1. The summed E-state index contributed by atoms with van der Waals surface area (Å²) in [6.07, 6.45) is 0. The Morgan fingerprint density at radius 2 is 1.74 bits per heavy atom. The Balaban J connectivity index is 2.03. The van der Waals surface area contributed by atoms with Crippen molar-refractivity contribution >= 4 is 29.0 Å². The first-order valence-corrected chi connectivity index (χ1v) is 6.30. The third-order valence-corrected chi connectivity index (χ3v) is 3.19. The van der Waals surface area contributed by atoms with Crippen LogP contribution in [0.1, 0.15) is 16.1 Å². The minimum absolute atomic E-state index is 0.128. The second-order valence-corrected chi connectivity index (χ2v) is 4.69. The molecule has 0 bridgehead atoms. The molecule has 6 heteroatoms. The Morgan fingerprint density at radius 1 is 1.05 bits per heavy atom. The SMILES string of the molecule is O=C(c1ccc(Cl)o1)c1cc2c(cc1Cl)OCCO2. The van der Waals surface area contributed by atoms with Gasteiger partial charge in [-0.15, -0.1) is 0 Å². The Labute approximate surface area is 118 Å². The number of carbonyl (C=O) groups is 1. The van der Waals surface area contributed by atoms with Gasteiger partial charge in [0.1, 0.15) is 13.2 Å².